The summed E-state index contributed by atoms with van der Waals surface area (Å²) in [5, 5.41) is 0. The predicted molar refractivity (Wildman–Crippen MR) is 69.1 cm³/mol. The number of carbonyl (C=O) groups excluding carboxylic acids is 1. The van der Waals surface area contributed by atoms with E-state index in [2.05, 4.69) is 9.47 Å². The van der Waals surface area contributed by atoms with Crippen molar-refractivity contribution >= 4 is 5.97 Å². The van der Waals surface area contributed by atoms with Crippen LogP contribution < -0.4 is 9.47 Å². The molecule has 0 N–H and O–H groups in total. The number of methoxy groups -OCH3 is 1. The highest BCUT2D eigenvalue weighted by atomic mass is 19.4. The topological polar surface area (TPSA) is 44.8 Å². The Kier molecular flexibility index (Phi) is 6.33. The first-order chi connectivity index (χ1) is 9.87. The largest absolute Gasteiger partial charge is 0.573 e. The lowest BCUT2D eigenvalue weighted by Crippen LogP contribution is -2.29. The summed E-state index contributed by atoms with van der Waals surface area (Å²) >= 11 is 0. The number of ether oxygens (including phenoxy) is 3. The van der Waals surface area contributed by atoms with Crippen molar-refractivity contribution in [1.82, 2.24) is 0 Å². The highest BCUT2D eigenvalue weighted by Gasteiger charge is 2.33. The Hall–Kier alpha value is -1.92. The molecule has 0 amide bonds. The normalized spacial score (nSPS) is 12.6. The summed E-state index contributed by atoms with van der Waals surface area (Å²) in [5.41, 5.74) is 0. The van der Waals surface area contributed by atoms with E-state index in [1.165, 1.54) is 25.3 Å². The quantitative estimate of drug-likeness (QED) is 0.721. The Labute approximate surface area is 120 Å². The zero-order valence-corrected chi connectivity index (χ0v) is 11.8. The van der Waals surface area contributed by atoms with Crippen molar-refractivity contribution in [3.63, 3.8) is 0 Å². The van der Waals surface area contributed by atoms with Crippen molar-refractivity contribution in [1.29, 1.82) is 0 Å². The summed E-state index contributed by atoms with van der Waals surface area (Å²) in [7, 11) is 1.20. The molecule has 0 bridgehead atoms. The van der Waals surface area contributed by atoms with Gasteiger partial charge >= 0.3 is 12.3 Å². The summed E-state index contributed by atoms with van der Waals surface area (Å²) in [6.07, 6.45) is -3.94. The minimum Gasteiger partial charge on any atom is -0.475 e. The van der Waals surface area contributed by atoms with E-state index in [0.29, 0.717) is 12.8 Å². The van der Waals surface area contributed by atoms with Crippen LogP contribution in [0.1, 0.15) is 26.2 Å². The fourth-order valence-electron chi connectivity index (χ4n) is 1.66. The molecule has 0 aliphatic heterocycles. The van der Waals surface area contributed by atoms with Gasteiger partial charge < -0.3 is 14.2 Å². The number of alkyl halides is 3. The van der Waals surface area contributed by atoms with Crippen molar-refractivity contribution in [2.75, 3.05) is 7.11 Å². The number of esters is 1. The minimum atomic E-state index is -4.83. The lowest BCUT2D eigenvalue weighted by atomic mass is 10.1. The molecular weight excluding hydrogens is 289 g/mol. The van der Waals surface area contributed by atoms with Gasteiger partial charge in [0.05, 0.1) is 7.11 Å². The van der Waals surface area contributed by atoms with Gasteiger partial charge in [-0.05, 0) is 25.0 Å². The van der Waals surface area contributed by atoms with Gasteiger partial charge in [-0.3, -0.25) is 0 Å². The Morgan fingerprint density at radius 3 is 2.38 bits per heavy atom. The van der Waals surface area contributed by atoms with Crippen molar-refractivity contribution in [2.45, 2.75) is 38.7 Å². The maximum Gasteiger partial charge on any atom is 0.573 e. The summed E-state index contributed by atoms with van der Waals surface area (Å²) in [6.45, 7) is 1.93. The second kappa shape index (κ2) is 7.75. The van der Waals surface area contributed by atoms with Crippen LogP contribution in [-0.2, 0) is 9.53 Å². The molecule has 0 aromatic heterocycles. The number of benzene rings is 1. The molecule has 1 atom stereocenters. The first-order valence-electron chi connectivity index (χ1n) is 6.46. The zero-order chi connectivity index (χ0) is 15.9. The van der Waals surface area contributed by atoms with Crippen molar-refractivity contribution in [3.05, 3.63) is 24.3 Å². The maximum absolute atomic E-state index is 12.3. The molecule has 0 saturated carbocycles. The van der Waals surface area contributed by atoms with Gasteiger partial charge in [-0.15, -0.1) is 13.2 Å². The number of para-hydroxylation sites is 2. The number of hydrogen-bond acceptors (Lipinski definition) is 4. The van der Waals surface area contributed by atoms with Gasteiger partial charge in [0, 0.05) is 0 Å². The van der Waals surface area contributed by atoms with Crippen LogP contribution in [-0.4, -0.2) is 25.5 Å². The third-order valence-electron chi connectivity index (χ3n) is 2.63. The molecule has 118 valence electrons. The Balaban J connectivity index is 2.90. The van der Waals surface area contributed by atoms with Gasteiger partial charge in [-0.2, -0.15) is 0 Å². The summed E-state index contributed by atoms with van der Waals surface area (Å²) in [5.74, 6) is -1.28. The van der Waals surface area contributed by atoms with Crippen molar-refractivity contribution in [3.8, 4) is 11.5 Å². The van der Waals surface area contributed by atoms with Crippen LogP contribution in [0.4, 0.5) is 13.2 Å². The fourth-order valence-corrected chi connectivity index (χ4v) is 1.66. The summed E-state index contributed by atoms with van der Waals surface area (Å²) in [4.78, 5) is 11.6. The molecule has 0 aliphatic rings. The van der Waals surface area contributed by atoms with Crippen LogP contribution in [0.15, 0.2) is 24.3 Å². The number of unbranched alkanes of at least 4 members (excludes halogenated alkanes) is 1. The molecule has 0 fully saturated rings. The zero-order valence-electron chi connectivity index (χ0n) is 11.8. The van der Waals surface area contributed by atoms with E-state index in [9.17, 15) is 18.0 Å². The van der Waals surface area contributed by atoms with E-state index in [1.54, 1.807) is 0 Å². The van der Waals surface area contributed by atoms with Crippen LogP contribution in [0.25, 0.3) is 0 Å². The van der Waals surface area contributed by atoms with E-state index in [0.717, 1.165) is 12.5 Å². The molecule has 0 saturated heterocycles. The molecule has 0 aliphatic carbocycles. The van der Waals surface area contributed by atoms with Crippen LogP contribution in [0, 0.1) is 0 Å². The predicted octanol–water partition coefficient (Wildman–Crippen LogP) is 3.70. The minimum absolute atomic E-state index is 0.152. The molecular formula is C14H17F3O4. The monoisotopic (exact) mass is 306 g/mol. The summed E-state index contributed by atoms with van der Waals surface area (Å²) < 4.78 is 50.8. The lowest BCUT2D eigenvalue weighted by molar-refractivity contribution is -0.275. The average molecular weight is 306 g/mol. The molecule has 0 radical (unpaired) electrons. The molecule has 21 heavy (non-hydrogen) atoms. The number of hydrogen-bond donors (Lipinski definition) is 0. The number of rotatable bonds is 7. The summed E-state index contributed by atoms with van der Waals surface area (Å²) in [6, 6.07) is 5.31. The second-order valence-electron chi connectivity index (χ2n) is 4.27. The smallest absolute Gasteiger partial charge is 0.475 e. The molecule has 4 nitrogen and oxygen atoms in total. The molecule has 1 aromatic carbocycles. The maximum atomic E-state index is 12.3. The van der Waals surface area contributed by atoms with Crippen LogP contribution in [0.3, 0.4) is 0 Å². The SMILES string of the molecule is CCCCC(Oc1ccccc1OC(F)(F)F)C(=O)OC. The van der Waals surface area contributed by atoms with Gasteiger partial charge in [0.25, 0.3) is 0 Å². The Morgan fingerprint density at radius 1 is 1.24 bits per heavy atom. The molecule has 1 rings (SSSR count). The molecule has 0 spiro atoms. The Morgan fingerprint density at radius 2 is 1.86 bits per heavy atom. The van der Waals surface area contributed by atoms with Gasteiger partial charge in [0.1, 0.15) is 0 Å². The van der Waals surface area contributed by atoms with Crippen LogP contribution >= 0.6 is 0 Å². The third kappa shape index (κ3) is 5.93. The highest BCUT2D eigenvalue weighted by Crippen LogP contribution is 2.33. The van der Waals surface area contributed by atoms with Crippen LogP contribution in [0.5, 0.6) is 11.5 Å². The molecule has 0 heterocycles. The third-order valence-corrected chi connectivity index (χ3v) is 2.63. The average Bonchev–Trinajstić information content (AvgIpc) is 2.42. The lowest BCUT2D eigenvalue weighted by Gasteiger charge is -2.19. The standard InChI is InChI=1S/C14H17F3O4/c1-3-4-7-12(13(18)19-2)20-10-8-5-6-9-11(10)21-14(15,16)17/h5-6,8-9,12H,3-4,7H2,1-2H3. The fraction of sp³-hybridized carbons (Fsp3) is 0.500. The van der Waals surface area contributed by atoms with Crippen molar-refractivity contribution < 1.29 is 32.2 Å². The number of carbonyl (C=O) groups is 1. The molecule has 1 aromatic rings. The van der Waals surface area contributed by atoms with Gasteiger partial charge in [0.15, 0.2) is 17.6 Å². The van der Waals surface area contributed by atoms with Gasteiger partial charge in [-0.25, -0.2) is 4.79 Å². The number of halogens is 3. The van der Waals surface area contributed by atoms with E-state index in [1.807, 2.05) is 6.92 Å². The molecule has 7 heteroatoms. The van der Waals surface area contributed by atoms with Crippen molar-refractivity contribution in [2.24, 2.45) is 0 Å². The van der Waals surface area contributed by atoms with Crippen LogP contribution in [0.2, 0.25) is 0 Å². The van der Waals surface area contributed by atoms with Gasteiger partial charge in [-0.1, -0.05) is 25.5 Å². The van der Waals surface area contributed by atoms with E-state index in [-0.39, 0.29) is 5.75 Å². The highest BCUT2D eigenvalue weighted by molar-refractivity contribution is 5.75. The van der Waals surface area contributed by atoms with E-state index < -0.39 is 24.2 Å². The van der Waals surface area contributed by atoms with E-state index in [4.69, 9.17) is 4.74 Å². The second-order valence-corrected chi connectivity index (χ2v) is 4.27. The first kappa shape index (κ1) is 17.1. The molecule has 1 unspecified atom stereocenters. The van der Waals surface area contributed by atoms with E-state index >= 15 is 0 Å². The van der Waals surface area contributed by atoms with Gasteiger partial charge in [0.2, 0.25) is 0 Å². The first-order valence-corrected chi connectivity index (χ1v) is 6.46. The Bertz CT molecular complexity index is 460.